The zero-order valence-electron chi connectivity index (χ0n) is 22.2. The van der Waals surface area contributed by atoms with E-state index in [0.717, 1.165) is 6.07 Å². The minimum atomic E-state index is -0.718. The lowest BCUT2D eigenvalue weighted by molar-refractivity contribution is -0.153. The highest BCUT2D eigenvalue weighted by Gasteiger charge is 2.35. The summed E-state index contributed by atoms with van der Waals surface area (Å²) in [6, 6.07) is 13.6. The number of ether oxygens (including phenoxy) is 1. The van der Waals surface area contributed by atoms with Crippen LogP contribution in [-0.4, -0.2) is 41.3 Å². The highest BCUT2D eigenvalue weighted by atomic mass is 19.1. The van der Waals surface area contributed by atoms with Crippen molar-refractivity contribution in [3.05, 3.63) is 78.0 Å². The Morgan fingerprint density at radius 1 is 1.12 bits per heavy atom. The highest BCUT2D eigenvalue weighted by Crippen LogP contribution is 2.41. The third-order valence-electron chi connectivity index (χ3n) is 7.15. The van der Waals surface area contributed by atoms with Crippen LogP contribution in [0.15, 0.2) is 60.8 Å². The number of esters is 1. The van der Waals surface area contributed by atoms with Crippen molar-refractivity contribution in [2.24, 2.45) is 11.7 Å². The monoisotopic (exact) mass is 541 g/mol. The Labute approximate surface area is 231 Å². The molecule has 0 bridgehead atoms. The molecular formula is C32H29F2N3O3. The molecule has 204 valence electrons. The van der Waals surface area contributed by atoms with Gasteiger partial charge < -0.3 is 20.5 Å². The van der Waals surface area contributed by atoms with E-state index in [0.29, 0.717) is 57.4 Å². The topological polar surface area (TPSA) is 88.7 Å². The number of hydrogen-bond acceptors (Lipinski definition) is 6. The highest BCUT2D eigenvalue weighted by molar-refractivity contribution is 6.02. The van der Waals surface area contributed by atoms with Gasteiger partial charge >= 0.3 is 5.97 Å². The van der Waals surface area contributed by atoms with Gasteiger partial charge in [0.2, 0.25) is 0 Å². The molecule has 1 aliphatic rings. The van der Waals surface area contributed by atoms with Gasteiger partial charge in [-0.05, 0) is 61.7 Å². The molecule has 5 rings (SSSR count). The number of pyridine rings is 1. The summed E-state index contributed by atoms with van der Waals surface area (Å²) >= 11 is 0. The van der Waals surface area contributed by atoms with Crippen LogP contribution >= 0.6 is 0 Å². The molecule has 1 fully saturated rings. The maximum absolute atomic E-state index is 14.3. The van der Waals surface area contributed by atoms with Crippen LogP contribution in [0.4, 0.5) is 14.5 Å². The van der Waals surface area contributed by atoms with Crippen molar-refractivity contribution in [3.63, 3.8) is 0 Å². The number of carbonyl (C=O) groups excluding carboxylic acids is 1. The molecule has 0 spiro atoms. The van der Waals surface area contributed by atoms with Crippen molar-refractivity contribution in [1.82, 2.24) is 4.98 Å². The summed E-state index contributed by atoms with van der Waals surface area (Å²) in [5.74, 6) is 0.0326. The Kier molecular flexibility index (Phi) is 7.42. The van der Waals surface area contributed by atoms with Crippen molar-refractivity contribution in [1.29, 1.82) is 0 Å². The summed E-state index contributed by atoms with van der Waals surface area (Å²) < 4.78 is 34.2. The van der Waals surface area contributed by atoms with E-state index < -0.39 is 23.6 Å². The van der Waals surface area contributed by atoms with Gasteiger partial charge in [-0.1, -0.05) is 24.1 Å². The Morgan fingerprint density at radius 3 is 2.58 bits per heavy atom. The number of para-hydroxylation sites is 1. The van der Waals surface area contributed by atoms with Gasteiger partial charge in [0.15, 0.2) is 0 Å². The molecule has 2 heterocycles. The van der Waals surface area contributed by atoms with E-state index >= 15 is 0 Å². The van der Waals surface area contributed by atoms with Gasteiger partial charge in [0.05, 0.1) is 28.8 Å². The number of halogens is 2. The van der Waals surface area contributed by atoms with Gasteiger partial charge in [0.25, 0.3) is 0 Å². The number of hydrogen-bond donors (Lipinski definition) is 2. The molecule has 0 amide bonds. The first-order valence-electron chi connectivity index (χ1n) is 13.1. The molecule has 8 heteroatoms. The molecule has 1 aliphatic heterocycles. The predicted molar refractivity (Wildman–Crippen MR) is 152 cm³/mol. The number of nitrogens with zero attached hydrogens (tertiary/aromatic N) is 2. The number of terminal acetylenes is 1. The lowest BCUT2D eigenvalue weighted by Crippen LogP contribution is -2.51. The first-order chi connectivity index (χ1) is 19.2. The molecule has 2 atom stereocenters. The SMILES string of the molecule is C#Cc1cccc(-c2ccc3ncc(-c4cc(F)cc(F)c4)c(N4CC[C@@H](N)[C@H](C(=O)OC(C)C)C4)c3c2)c1O. The smallest absolute Gasteiger partial charge is 0.312 e. The fourth-order valence-corrected chi connectivity index (χ4v) is 5.24. The summed E-state index contributed by atoms with van der Waals surface area (Å²) in [7, 11) is 0. The molecule has 1 aromatic heterocycles. The van der Waals surface area contributed by atoms with Gasteiger partial charge in [0.1, 0.15) is 17.4 Å². The van der Waals surface area contributed by atoms with Gasteiger partial charge in [0, 0.05) is 47.9 Å². The van der Waals surface area contributed by atoms with Crippen molar-refractivity contribution < 1.29 is 23.4 Å². The zero-order valence-corrected chi connectivity index (χ0v) is 22.2. The van der Waals surface area contributed by atoms with E-state index in [1.54, 1.807) is 38.2 Å². The lowest BCUT2D eigenvalue weighted by Gasteiger charge is -2.38. The van der Waals surface area contributed by atoms with Crippen molar-refractivity contribution in [2.45, 2.75) is 32.4 Å². The Hall–Kier alpha value is -4.48. The van der Waals surface area contributed by atoms with Crippen LogP contribution in [0.5, 0.6) is 5.75 Å². The Bertz CT molecular complexity index is 1630. The van der Waals surface area contributed by atoms with E-state index in [9.17, 15) is 18.7 Å². The van der Waals surface area contributed by atoms with E-state index in [1.165, 1.54) is 12.1 Å². The molecule has 40 heavy (non-hydrogen) atoms. The third kappa shape index (κ3) is 5.21. The summed E-state index contributed by atoms with van der Waals surface area (Å²) in [6.07, 6.45) is 7.35. The first kappa shape index (κ1) is 27.1. The maximum Gasteiger partial charge on any atom is 0.312 e. The van der Waals surface area contributed by atoms with Crippen LogP contribution in [0.1, 0.15) is 25.8 Å². The number of rotatable bonds is 5. The predicted octanol–water partition coefficient (Wildman–Crippen LogP) is 5.64. The van der Waals surface area contributed by atoms with Gasteiger partial charge in [-0.25, -0.2) is 8.78 Å². The third-order valence-corrected chi connectivity index (χ3v) is 7.15. The van der Waals surface area contributed by atoms with Gasteiger partial charge in [-0.2, -0.15) is 0 Å². The average molecular weight is 542 g/mol. The molecule has 3 aromatic carbocycles. The number of aromatic hydroxyl groups is 1. The molecule has 6 nitrogen and oxygen atoms in total. The molecule has 0 aliphatic carbocycles. The minimum absolute atomic E-state index is 0.0253. The average Bonchev–Trinajstić information content (AvgIpc) is 2.91. The van der Waals surface area contributed by atoms with Crippen LogP contribution in [0.2, 0.25) is 0 Å². The molecule has 0 unspecified atom stereocenters. The van der Waals surface area contributed by atoms with E-state index in [2.05, 4.69) is 10.9 Å². The number of phenolic OH excluding ortho intramolecular Hbond substituents is 1. The van der Waals surface area contributed by atoms with Crippen molar-refractivity contribution in [2.75, 3.05) is 18.0 Å². The Balaban J connectivity index is 1.72. The standard InChI is InChI=1S/C32H29F2N3O3/c1-4-19-6-5-7-24(31(19)38)20-8-9-29-25(14-20)30(26(16-36-29)21-12-22(33)15-23(34)13-21)37-11-10-28(35)27(17-37)32(39)40-18(2)3/h1,5-9,12-16,18,27-28,38H,10-11,17,35H2,2-3H3/t27-,28-/m1/s1. The second-order valence-electron chi connectivity index (χ2n) is 10.2. The van der Waals surface area contributed by atoms with E-state index in [-0.39, 0.29) is 24.4 Å². The number of piperidine rings is 1. The minimum Gasteiger partial charge on any atom is -0.506 e. The van der Waals surface area contributed by atoms with Crippen molar-refractivity contribution >= 4 is 22.6 Å². The fraction of sp³-hybridized carbons (Fsp3) is 0.250. The number of fused-ring (bicyclic) bond motifs is 1. The summed E-state index contributed by atoms with van der Waals surface area (Å²) in [5.41, 5.74) is 10.0. The lowest BCUT2D eigenvalue weighted by atomic mass is 9.90. The van der Waals surface area contributed by atoms with E-state index in [1.807, 2.05) is 23.1 Å². The van der Waals surface area contributed by atoms with Gasteiger partial charge in [-0.15, -0.1) is 6.42 Å². The summed E-state index contributed by atoms with van der Waals surface area (Å²) in [4.78, 5) is 19.5. The largest absolute Gasteiger partial charge is 0.506 e. The fourth-order valence-electron chi connectivity index (χ4n) is 5.24. The number of nitrogens with two attached hydrogens (primary N) is 1. The van der Waals surface area contributed by atoms with Crippen LogP contribution < -0.4 is 10.6 Å². The van der Waals surface area contributed by atoms with Crippen molar-refractivity contribution in [3.8, 4) is 40.3 Å². The molecular weight excluding hydrogens is 512 g/mol. The molecule has 0 saturated carbocycles. The molecule has 0 radical (unpaired) electrons. The quantitative estimate of drug-likeness (QED) is 0.251. The maximum atomic E-state index is 14.3. The normalized spacial score (nSPS) is 17.2. The number of aromatic nitrogens is 1. The Morgan fingerprint density at radius 2 is 1.88 bits per heavy atom. The van der Waals surface area contributed by atoms with Crippen LogP contribution in [0.25, 0.3) is 33.2 Å². The first-order valence-corrected chi connectivity index (χ1v) is 13.1. The number of phenols is 1. The zero-order chi connectivity index (χ0) is 28.6. The molecule has 1 saturated heterocycles. The second kappa shape index (κ2) is 10.9. The molecule has 4 aromatic rings. The number of anilines is 1. The molecule has 3 N–H and O–H groups in total. The van der Waals surface area contributed by atoms with E-state index in [4.69, 9.17) is 16.9 Å². The summed E-state index contributed by atoms with van der Waals surface area (Å²) in [5, 5.41) is 11.5. The van der Waals surface area contributed by atoms with Crippen LogP contribution in [-0.2, 0) is 9.53 Å². The van der Waals surface area contributed by atoms with Gasteiger partial charge in [-0.3, -0.25) is 9.78 Å². The summed E-state index contributed by atoms with van der Waals surface area (Å²) in [6.45, 7) is 4.31. The van der Waals surface area contributed by atoms with Crippen LogP contribution in [0.3, 0.4) is 0 Å². The number of benzene rings is 3. The number of carbonyl (C=O) groups is 1. The second-order valence-corrected chi connectivity index (χ2v) is 10.2. The van der Waals surface area contributed by atoms with Crippen LogP contribution in [0, 0.1) is 29.9 Å².